The van der Waals surface area contributed by atoms with E-state index < -0.39 is 0 Å². The van der Waals surface area contributed by atoms with E-state index in [1.807, 2.05) is 0 Å². The highest BCUT2D eigenvalue weighted by Gasteiger charge is 2.32. The maximum Gasteiger partial charge on any atom is 0.240 e. The summed E-state index contributed by atoms with van der Waals surface area (Å²) in [7, 11) is 0. The Hall–Kier alpha value is -0.980. The van der Waals surface area contributed by atoms with Gasteiger partial charge in [-0.25, -0.2) is 4.98 Å². The summed E-state index contributed by atoms with van der Waals surface area (Å²) in [5.74, 6) is 0.0241. The Balaban J connectivity index is 1.57. The number of ether oxygens (including phenoxy) is 1. The van der Waals surface area contributed by atoms with Gasteiger partial charge in [-0.05, 0) is 46.5 Å². The van der Waals surface area contributed by atoms with Gasteiger partial charge in [0.15, 0.2) is 5.13 Å². The first-order chi connectivity index (χ1) is 10.4. The maximum absolute atomic E-state index is 12.3. The Kier molecular flexibility index (Phi) is 4.52. The van der Waals surface area contributed by atoms with E-state index in [1.54, 1.807) is 11.3 Å². The number of aromatic nitrogens is 1. The number of fused-ring (bicyclic) bond motifs is 1. The lowest BCUT2D eigenvalue weighted by atomic mass is 10.0. The minimum Gasteiger partial charge on any atom is -0.370 e. The van der Waals surface area contributed by atoms with Gasteiger partial charge in [-0.3, -0.25) is 9.69 Å². The SMILES string of the molecule is CC1CN(CC(=O)Nc2nc3c(s2)CCCC3)CC(C)(C)O1. The molecule has 1 N–H and O–H groups in total. The fourth-order valence-corrected chi connectivity index (χ4v) is 4.54. The molecule has 1 aromatic rings. The quantitative estimate of drug-likeness (QED) is 0.928. The van der Waals surface area contributed by atoms with Crippen LogP contribution in [-0.2, 0) is 22.4 Å². The smallest absolute Gasteiger partial charge is 0.240 e. The molecule has 0 spiro atoms. The molecular weight excluding hydrogens is 298 g/mol. The second kappa shape index (κ2) is 6.26. The Morgan fingerprint density at radius 1 is 1.45 bits per heavy atom. The minimum atomic E-state index is -0.196. The fraction of sp³-hybridized carbons (Fsp3) is 0.750. The van der Waals surface area contributed by atoms with Gasteiger partial charge in [-0.15, -0.1) is 11.3 Å². The number of hydrogen-bond acceptors (Lipinski definition) is 5. The highest BCUT2D eigenvalue weighted by molar-refractivity contribution is 7.15. The van der Waals surface area contributed by atoms with Gasteiger partial charge >= 0.3 is 0 Å². The van der Waals surface area contributed by atoms with Gasteiger partial charge in [0.2, 0.25) is 5.91 Å². The van der Waals surface area contributed by atoms with Gasteiger partial charge in [-0.1, -0.05) is 0 Å². The van der Waals surface area contributed by atoms with E-state index in [2.05, 4.69) is 36.0 Å². The molecule has 1 saturated heterocycles. The summed E-state index contributed by atoms with van der Waals surface area (Å²) in [6.07, 6.45) is 4.77. The van der Waals surface area contributed by atoms with Crippen LogP contribution in [0.5, 0.6) is 0 Å². The number of carbonyl (C=O) groups is 1. The summed E-state index contributed by atoms with van der Waals surface area (Å²) >= 11 is 1.64. The van der Waals surface area contributed by atoms with Crippen molar-refractivity contribution in [1.29, 1.82) is 0 Å². The third kappa shape index (κ3) is 3.86. The van der Waals surface area contributed by atoms with Crippen LogP contribution in [0, 0.1) is 0 Å². The van der Waals surface area contributed by atoms with Crippen LogP contribution < -0.4 is 5.32 Å². The first-order valence-corrected chi connectivity index (χ1v) is 8.91. The monoisotopic (exact) mass is 323 g/mol. The Morgan fingerprint density at radius 3 is 2.95 bits per heavy atom. The highest BCUT2D eigenvalue weighted by Crippen LogP contribution is 2.29. The Morgan fingerprint density at radius 2 is 2.23 bits per heavy atom. The van der Waals surface area contributed by atoms with E-state index in [-0.39, 0.29) is 17.6 Å². The predicted molar refractivity (Wildman–Crippen MR) is 88.5 cm³/mol. The minimum absolute atomic E-state index is 0.0241. The predicted octanol–water partition coefficient (Wildman–Crippen LogP) is 2.46. The lowest BCUT2D eigenvalue weighted by Gasteiger charge is -2.41. The zero-order valence-electron chi connectivity index (χ0n) is 13.6. The second-order valence-corrected chi connectivity index (χ2v) is 8.09. The molecule has 0 bridgehead atoms. The standard InChI is InChI=1S/C16H25N3O2S/c1-11-8-19(10-16(2,3)21-11)9-14(20)18-15-17-12-6-4-5-7-13(12)22-15/h11H,4-10H2,1-3H3,(H,17,18,20). The summed E-state index contributed by atoms with van der Waals surface area (Å²) in [5.41, 5.74) is 0.991. The van der Waals surface area contributed by atoms with Gasteiger partial charge in [-0.2, -0.15) is 0 Å². The number of nitrogens with zero attached hydrogens (tertiary/aromatic N) is 2. The molecule has 1 fully saturated rings. The van der Waals surface area contributed by atoms with Crippen molar-refractivity contribution in [2.24, 2.45) is 0 Å². The zero-order valence-corrected chi connectivity index (χ0v) is 14.5. The number of aryl methyl sites for hydroxylation is 2. The zero-order chi connectivity index (χ0) is 15.7. The summed E-state index contributed by atoms with van der Waals surface area (Å²) in [5, 5.41) is 3.74. The molecule has 1 unspecified atom stereocenters. The molecule has 1 aliphatic heterocycles. The summed E-state index contributed by atoms with van der Waals surface area (Å²) in [4.78, 5) is 20.4. The van der Waals surface area contributed by atoms with Crippen LogP contribution in [0.2, 0.25) is 0 Å². The molecule has 1 atom stereocenters. The van der Waals surface area contributed by atoms with Crippen molar-refractivity contribution in [1.82, 2.24) is 9.88 Å². The van der Waals surface area contributed by atoms with Crippen molar-refractivity contribution in [3.63, 3.8) is 0 Å². The number of amides is 1. The maximum atomic E-state index is 12.3. The number of hydrogen-bond donors (Lipinski definition) is 1. The van der Waals surface area contributed by atoms with Crippen LogP contribution in [0.15, 0.2) is 0 Å². The van der Waals surface area contributed by atoms with Crippen molar-refractivity contribution in [3.05, 3.63) is 10.6 Å². The molecule has 2 heterocycles. The van der Waals surface area contributed by atoms with Gasteiger partial charge in [0, 0.05) is 18.0 Å². The lowest BCUT2D eigenvalue weighted by Crippen LogP contribution is -2.53. The molecule has 1 amide bonds. The van der Waals surface area contributed by atoms with Crippen molar-refractivity contribution in [2.45, 2.75) is 58.2 Å². The molecule has 0 saturated carbocycles. The first kappa shape index (κ1) is 15.9. The van der Waals surface area contributed by atoms with Crippen molar-refractivity contribution < 1.29 is 9.53 Å². The number of anilines is 1. The van der Waals surface area contributed by atoms with Crippen molar-refractivity contribution in [2.75, 3.05) is 25.0 Å². The first-order valence-electron chi connectivity index (χ1n) is 8.10. The van der Waals surface area contributed by atoms with Gasteiger partial charge in [0.1, 0.15) is 0 Å². The number of morpholine rings is 1. The lowest BCUT2D eigenvalue weighted by molar-refractivity contribution is -0.136. The summed E-state index contributed by atoms with van der Waals surface area (Å²) in [6.45, 7) is 8.18. The van der Waals surface area contributed by atoms with E-state index >= 15 is 0 Å². The molecule has 1 aliphatic carbocycles. The molecule has 0 aromatic carbocycles. The van der Waals surface area contributed by atoms with Gasteiger partial charge in [0.05, 0.1) is 23.9 Å². The largest absolute Gasteiger partial charge is 0.370 e. The molecule has 0 radical (unpaired) electrons. The van der Waals surface area contributed by atoms with Crippen molar-refractivity contribution >= 4 is 22.4 Å². The number of rotatable bonds is 3. The topological polar surface area (TPSA) is 54.5 Å². The van der Waals surface area contributed by atoms with E-state index in [1.165, 1.54) is 23.4 Å². The second-order valence-electron chi connectivity index (χ2n) is 7.00. The number of carbonyl (C=O) groups excluding carboxylic acids is 1. The number of thiazole rings is 1. The van der Waals surface area contributed by atoms with Crippen LogP contribution in [0.3, 0.4) is 0 Å². The average molecular weight is 323 g/mol. The number of nitrogens with one attached hydrogen (secondary N) is 1. The third-order valence-corrected chi connectivity index (χ3v) is 5.17. The normalized spacial score (nSPS) is 24.8. The Labute approximate surface area is 136 Å². The molecular formula is C16H25N3O2S. The van der Waals surface area contributed by atoms with Crippen LogP contribution in [0.4, 0.5) is 5.13 Å². The molecule has 22 heavy (non-hydrogen) atoms. The average Bonchev–Trinajstić information content (AvgIpc) is 2.77. The van der Waals surface area contributed by atoms with Crippen LogP contribution in [0.25, 0.3) is 0 Å². The molecule has 6 heteroatoms. The molecule has 3 rings (SSSR count). The van der Waals surface area contributed by atoms with Gasteiger partial charge < -0.3 is 10.1 Å². The fourth-order valence-electron chi connectivity index (χ4n) is 3.47. The van der Waals surface area contributed by atoms with E-state index in [4.69, 9.17) is 4.74 Å². The van der Waals surface area contributed by atoms with E-state index in [9.17, 15) is 4.79 Å². The highest BCUT2D eigenvalue weighted by atomic mass is 32.1. The van der Waals surface area contributed by atoms with Crippen LogP contribution in [-0.4, -0.2) is 47.1 Å². The van der Waals surface area contributed by atoms with Crippen LogP contribution in [0.1, 0.15) is 44.2 Å². The van der Waals surface area contributed by atoms with Gasteiger partial charge in [0.25, 0.3) is 0 Å². The third-order valence-electron chi connectivity index (χ3n) is 4.10. The summed E-state index contributed by atoms with van der Waals surface area (Å²) in [6, 6.07) is 0. The summed E-state index contributed by atoms with van der Waals surface area (Å²) < 4.78 is 5.88. The Bertz CT molecular complexity index is 532. The molecule has 5 nitrogen and oxygen atoms in total. The van der Waals surface area contributed by atoms with Crippen molar-refractivity contribution in [3.8, 4) is 0 Å². The molecule has 122 valence electrons. The van der Waals surface area contributed by atoms with E-state index in [0.29, 0.717) is 6.54 Å². The molecule has 2 aliphatic rings. The molecule has 1 aromatic heterocycles. The van der Waals surface area contributed by atoms with E-state index in [0.717, 1.165) is 31.1 Å². The van der Waals surface area contributed by atoms with Crippen LogP contribution >= 0.6 is 11.3 Å².